The lowest BCUT2D eigenvalue weighted by Gasteiger charge is -2.34. The molecule has 0 radical (unpaired) electrons. The third-order valence-corrected chi connectivity index (χ3v) is 9.52. The fourth-order valence-electron chi connectivity index (χ4n) is 4.96. The molecule has 0 bridgehead atoms. The van der Waals surface area contributed by atoms with Gasteiger partial charge in [-0.15, -0.1) is 0 Å². The van der Waals surface area contributed by atoms with E-state index in [1.54, 1.807) is 25.1 Å². The monoisotopic (exact) mass is 645 g/mol. The Kier molecular flexibility index (Phi) is 11.4. The molecule has 0 saturated heterocycles. The fourth-order valence-corrected chi connectivity index (χ4v) is 6.56. The summed E-state index contributed by atoms with van der Waals surface area (Å²) in [6, 6.07) is 29.3. The summed E-state index contributed by atoms with van der Waals surface area (Å²) < 4.78 is 29.4. The van der Waals surface area contributed by atoms with Crippen molar-refractivity contribution in [3.8, 4) is 0 Å². The van der Waals surface area contributed by atoms with E-state index >= 15 is 0 Å². The molecular formula is C36H40ClN3O4S. The zero-order valence-corrected chi connectivity index (χ0v) is 27.7. The van der Waals surface area contributed by atoms with Crippen molar-refractivity contribution in [2.45, 2.75) is 51.6 Å². The number of aryl methyl sites for hydroxylation is 2. The number of hydrogen-bond acceptors (Lipinski definition) is 4. The van der Waals surface area contributed by atoms with Crippen molar-refractivity contribution in [2.24, 2.45) is 5.92 Å². The summed E-state index contributed by atoms with van der Waals surface area (Å²) in [6.45, 7) is 7.83. The Morgan fingerprint density at radius 3 is 2.04 bits per heavy atom. The molecule has 45 heavy (non-hydrogen) atoms. The third kappa shape index (κ3) is 8.96. The van der Waals surface area contributed by atoms with Gasteiger partial charge in [0.2, 0.25) is 11.8 Å². The van der Waals surface area contributed by atoms with E-state index in [1.807, 2.05) is 81.4 Å². The van der Waals surface area contributed by atoms with Crippen LogP contribution in [0.4, 0.5) is 5.69 Å². The van der Waals surface area contributed by atoms with Crippen LogP contribution in [-0.2, 0) is 32.6 Å². The van der Waals surface area contributed by atoms with Crippen molar-refractivity contribution >= 4 is 39.1 Å². The Bertz CT molecular complexity index is 1690. The summed E-state index contributed by atoms with van der Waals surface area (Å²) >= 11 is 6.07. The van der Waals surface area contributed by atoms with Gasteiger partial charge in [-0.25, -0.2) is 8.42 Å². The second-order valence-electron chi connectivity index (χ2n) is 11.6. The first-order valence-electron chi connectivity index (χ1n) is 15.0. The first-order valence-corrected chi connectivity index (χ1v) is 16.8. The predicted octanol–water partition coefficient (Wildman–Crippen LogP) is 6.56. The van der Waals surface area contributed by atoms with Crippen molar-refractivity contribution in [3.05, 3.63) is 130 Å². The molecule has 4 aromatic rings. The summed E-state index contributed by atoms with van der Waals surface area (Å²) in [5, 5.41) is 3.41. The Hall–Kier alpha value is -4.14. The number of amides is 2. The van der Waals surface area contributed by atoms with E-state index in [9.17, 15) is 18.0 Å². The molecule has 0 aliphatic rings. The van der Waals surface area contributed by atoms with Crippen molar-refractivity contribution in [1.29, 1.82) is 0 Å². The highest BCUT2D eigenvalue weighted by Crippen LogP contribution is 2.28. The highest BCUT2D eigenvalue weighted by Gasteiger charge is 2.35. The number of anilines is 1. The van der Waals surface area contributed by atoms with Crippen LogP contribution in [0.1, 0.15) is 36.1 Å². The number of carbonyl (C=O) groups excluding carboxylic acids is 2. The van der Waals surface area contributed by atoms with Gasteiger partial charge in [-0.2, -0.15) is 0 Å². The zero-order chi connectivity index (χ0) is 32.6. The highest BCUT2D eigenvalue weighted by atomic mass is 35.5. The van der Waals surface area contributed by atoms with Crippen molar-refractivity contribution in [1.82, 2.24) is 10.2 Å². The van der Waals surface area contributed by atoms with Gasteiger partial charge in [-0.05, 0) is 66.8 Å². The van der Waals surface area contributed by atoms with Gasteiger partial charge in [0.15, 0.2) is 0 Å². The number of hydrogen-bond donors (Lipinski definition) is 1. The minimum atomic E-state index is -4.20. The molecule has 4 aromatic carbocycles. The van der Waals surface area contributed by atoms with Crippen LogP contribution >= 0.6 is 11.6 Å². The lowest BCUT2D eigenvalue weighted by Crippen LogP contribution is -2.53. The Balaban J connectivity index is 1.80. The van der Waals surface area contributed by atoms with Crippen molar-refractivity contribution in [3.63, 3.8) is 0 Å². The maximum absolute atomic E-state index is 14.5. The minimum Gasteiger partial charge on any atom is -0.354 e. The quantitative estimate of drug-likeness (QED) is 0.178. The van der Waals surface area contributed by atoms with Gasteiger partial charge in [0.05, 0.1) is 10.6 Å². The van der Waals surface area contributed by atoms with Gasteiger partial charge in [-0.3, -0.25) is 13.9 Å². The van der Waals surface area contributed by atoms with E-state index in [2.05, 4.69) is 5.32 Å². The first kappa shape index (κ1) is 33.7. The van der Waals surface area contributed by atoms with Crippen molar-refractivity contribution < 1.29 is 18.0 Å². The molecule has 4 rings (SSSR count). The van der Waals surface area contributed by atoms with Crippen LogP contribution in [-0.4, -0.2) is 44.3 Å². The molecule has 1 N–H and O–H groups in total. The molecule has 7 nitrogen and oxygen atoms in total. The molecule has 236 valence electrons. The second-order valence-corrected chi connectivity index (χ2v) is 13.9. The van der Waals surface area contributed by atoms with Gasteiger partial charge in [-0.1, -0.05) is 104 Å². The standard InChI is InChI=1S/C36H40ClN3O4S/c1-26(2)23-38-36(42)34(22-29-11-6-5-7-12-29)39(24-30-16-14-27(3)15-17-30)35(41)25-40(33-13-9-8-10-28(33)4)45(43,44)32-20-18-31(37)19-21-32/h5-21,26,34H,22-25H2,1-4H3,(H,38,42)/t34-/m1/s1. The molecule has 9 heteroatoms. The lowest BCUT2D eigenvalue weighted by atomic mass is 10.0. The molecule has 0 aliphatic carbocycles. The molecule has 0 heterocycles. The van der Waals surface area contributed by atoms with Crippen LogP contribution in [0.3, 0.4) is 0 Å². The lowest BCUT2D eigenvalue weighted by molar-refractivity contribution is -0.140. The van der Waals surface area contributed by atoms with Crippen LogP contribution in [0.2, 0.25) is 5.02 Å². The average molecular weight is 646 g/mol. The van der Waals surface area contributed by atoms with Gasteiger partial charge in [0, 0.05) is 24.5 Å². The van der Waals surface area contributed by atoms with E-state index in [0.29, 0.717) is 22.8 Å². The number of para-hydroxylation sites is 1. The number of carbonyl (C=O) groups is 2. The van der Waals surface area contributed by atoms with E-state index in [1.165, 1.54) is 29.2 Å². The summed E-state index contributed by atoms with van der Waals surface area (Å²) in [4.78, 5) is 29.9. The molecular weight excluding hydrogens is 606 g/mol. The largest absolute Gasteiger partial charge is 0.354 e. The second kappa shape index (κ2) is 15.2. The number of sulfonamides is 1. The van der Waals surface area contributed by atoms with E-state index in [0.717, 1.165) is 21.0 Å². The van der Waals surface area contributed by atoms with E-state index in [4.69, 9.17) is 11.6 Å². The smallest absolute Gasteiger partial charge is 0.264 e. The van der Waals surface area contributed by atoms with E-state index < -0.39 is 28.5 Å². The van der Waals surface area contributed by atoms with Gasteiger partial charge >= 0.3 is 0 Å². The number of nitrogens with one attached hydrogen (secondary N) is 1. The Labute approximate surface area is 271 Å². The number of benzene rings is 4. The van der Waals surface area contributed by atoms with Gasteiger partial charge < -0.3 is 10.2 Å². The third-order valence-electron chi connectivity index (χ3n) is 7.49. The summed E-state index contributed by atoms with van der Waals surface area (Å²) in [6.07, 6.45) is 0.261. The minimum absolute atomic E-state index is 0.00329. The number of rotatable bonds is 13. The van der Waals surface area contributed by atoms with Crippen LogP contribution in [0.25, 0.3) is 0 Å². The Morgan fingerprint density at radius 2 is 1.42 bits per heavy atom. The van der Waals surface area contributed by atoms with Crippen LogP contribution in [0.5, 0.6) is 0 Å². The molecule has 0 saturated carbocycles. The number of halogens is 1. The summed E-state index contributed by atoms with van der Waals surface area (Å²) in [5.74, 6) is -0.596. The normalized spacial score (nSPS) is 12.0. The van der Waals surface area contributed by atoms with Crippen LogP contribution in [0, 0.1) is 19.8 Å². The topological polar surface area (TPSA) is 86.8 Å². The van der Waals surface area contributed by atoms with Gasteiger partial charge in [0.25, 0.3) is 10.0 Å². The van der Waals surface area contributed by atoms with Crippen LogP contribution < -0.4 is 9.62 Å². The van der Waals surface area contributed by atoms with E-state index in [-0.39, 0.29) is 29.7 Å². The highest BCUT2D eigenvalue weighted by molar-refractivity contribution is 7.92. The summed E-state index contributed by atoms with van der Waals surface area (Å²) in [5.41, 5.74) is 3.83. The molecule has 0 aromatic heterocycles. The zero-order valence-electron chi connectivity index (χ0n) is 26.1. The SMILES string of the molecule is Cc1ccc(CN(C(=O)CN(c2ccccc2C)S(=O)(=O)c2ccc(Cl)cc2)[C@H](Cc2ccccc2)C(=O)NCC(C)C)cc1. The molecule has 2 amide bonds. The van der Waals surface area contributed by atoms with Crippen LogP contribution in [0.15, 0.2) is 108 Å². The number of nitrogens with zero attached hydrogens (tertiary/aromatic N) is 2. The maximum atomic E-state index is 14.5. The molecule has 0 unspecified atom stereocenters. The molecule has 0 aliphatic heterocycles. The summed E-state index contributed by atoms with van der Waals surface area (Å²) in [7, 11) is -4.20. The maximum Gasteiger partial charge on any atom is 0.264 e. The van der Waals surface area contributed by atoms with Crippen molar-refractivity contribution in [2.75, 3.05) is 17.4 Å². The molecule has 1 atom stereocenters. The Morgan fingerprint density at radius 1 is 0.800 bits per heavy atom. The predicted molar refractivity (Wildman–Crippen MR) is 181 cm³/mol. The van der Waals surface area contributed by atoms with Gasteiger partial charge in [0.1, 0.15) is 12.6 Å². The molecule has 0 spiro atoms. The fraction of sp³-hybridized carbons (Fsp3) is 0.278. The average Bonchev–Trinajstić information content (AvgIpc) is 3.02. The molecule has 0 fully saturated rings. The first-order chi connectivity index (χ1) is 21.5.